The third kappa shape index (κ3) is 0.510. The predicted molar refractivity (Wildman–Crippen MR) is 29.9 cm³/mol. The van der Waals surface area contributed by atoms with E-state index in [2.05, 4.69) is 0 Å². The van der Waals surface area contributed by atoms with Crippen LogP contribution in [-0.4, -0.2) is 6.10 Å². The number of fused-ring (bicyclic) bond motifs is 2. The highest BCUT2D eigenvalue weighted by atomic mass is 16.3. The minimum atomic E-state index is -0.181. The normalized spacial score (nSPS) is 52.9. The summed E-state index contributed by atoms with van der Waals surface area (Å²) < 4.78 is 0. The summed E-state index contributed by atoms with van der Waals surface area (Å²) in [4.78, 5) is 0. The van der Waals surface area contributed by atoms with Gasteiger partial charge in [-0.3, -0.25) is 0 Å². The van der Waals surface area contributed by atoms with E-state index in [-0.39, 0.29) is 6.10 Å². The monoisotopic (exact) mass is 111 g/mol. The van der Waals surface area contributed by atoms with Gasteiger partial charge >= 0.3 is 0 Å². The summed E-state index contributed by atoms with van der Waals surface area (Å²) in [7, 11) is 0. The Morgan fingerprint density at radius 3 is 2.12 bits per heavy atom. The van der Waals surface area contributed by atoms with Crippen LogP contribution in [0.1, 0.15) is 25.7 Å². The summed E-state index contributed by atoms with van der Waals surface area (Å²) in [6.07, 6.45) is 4.53. The molecule has 1 heteroatoms. The van der Waals surface area contributed by atoms with Crippen molar-refractivity contribution in [1.29, 1.82) is 0 Å². The molecule has 0 aromatic carbocycles. The summed E-state index contributed by atoms with van der Waals surface area (Å²) in [5, 5.41) is 10.9. The van der Waals surface area contributed by atoms with Gasteiger partial charge in [-0.25, -0.2) is 5.11 Å². The Balaban J connectivity index is 2.01. The van der Waals surface area contributed by atoms with Gasteiger partial charge in [0.25, 0.3) is 0 Å². The van der Waals surface area contributed by atoms with Crippen molar-refractivity contribution >= 4 is 0 Å². The maximum Gasteiger partial charge on any atom is 0.0958 e. The first kappa shape index (κ1) is 4.80. The second-order valence-corrected chi connectivity index (χ2v) is 3.21. The topological polar surface area (TPSA) is 19.9 Å². The van der Waals surface area contributed by atoms with E-state index in [9.17, 15) is 5.11 Å². The maximum atomic E-state index is 10.9. The van der Waals surface area contributed by atoms with Gasteiger partial charge in [0.15, 0.2) is 0 Å². The molecule has 0 heterocycles. The van der Waals surface area contributed by atoms with E-state index in [0.717, 1.165) is 12.3 Å². The van der Waals surface area contributed by atoms with Crippen LogP contribution in [0.15, 0.2) is 0 Å². The summed E-state index contributed by atoms with van der Waals surface area (Å²) >= 11 is 0. The highest BCUT2D eigenvalue weighted by Crippen LogP contribution is 2.45. The lowest BCUT2D eigenvalue weighted by atomic mass is 9.64. The third-order valence-electron chi connectivity index (χ3n) is 2.66. The molecule has 3 rings (SSSR count). The van der Waals surface area contributed by atoms with Crippen molar-refractivity contribution in [3.05, 3.63) is 0 Å². The van der Waals surface area contributed by atoms with Crippen LogP contribution >= 0.6 is 0 Å². The molecule has 0 N–H and O–H groups in total. The standard InChI is InChI=1S/C7H11O/c8-7-2-1-5-3-6(7)4-5/h5-7H,1-4H2. The van der Waals surface area contributed by atoms with Crippen LogP contribution in [-0.2, 0) is 5.11 Å². The lowest BCUT2D eigenvalue weighted by Gasteiger charge is -2.43. The summed E-state index contributed by atoms with van der Waals surface area (Å²) in [5.41, 5.74) is 0. The fourth-order valence-corrected chi connectivity index (χ4v) is 1.96. The Kier molecular flexibility index (Phi) is 0.884. The fourth-order valence-electron chi connectivity index (χ4n) is 1.96. The number of hydrogen-bond acceptors (Lipinski definition) is 0. The van der Waals surface area contributed by atoms with Crippen LogP contribution in [0.3, 0.4) is 0 Å². The Bertz CT molecular complexity index is 89.1. The van der Waals surface area contributed by atoms with Crippen LogP contribution in [0, 0.1) is 11.8 Å². The molecule has 3 fully saturated rings. The van der Waals surface area contributed by atoms with Gasteiger partial charge < -0.3 is 0 Å². The van der Waals surface area contributed by atoms with Crippen molar-refractivity contribution in [2.75, 3.05) is 0 Å². The zero-order valence-electron chi connectivity index (χ0n) is 4.97. The Morgan fingerprint density at radius 1 is 1.12 bits per heavy atom. The van der Waals surface area contributed by atoms with E-state index >= 15 is 0 Å². The molecule has 0 aromatic rings. The first-order chi connectivity index (χ1) is 3.86. The number of rotatable bonds is 0. The van der Waals surface area contributed by atoms with Gasteiger partial charge in [-0.2, -0.15) is 0 Å². The molecule has 1 radical (unpaired) electrons. The molecule has 3 aliphatic rings. The molecule has 1 atom stereocenters. The predicted octanol–water partition coefficient (Wildman–Crippen LogP) is 1.61. The Labute approximate surface area is 49.7 Å². The minimum absolute atomic E-state index is 0.181. The van der Waals surface area contributed by atoms with E-state index in [1.165, 1.54) is 19.3 Å². The van der Waals surface area contributed by atoms with E-state index in [0.29, 0.717) is 5.92 Å². The molecule has 2 bridgehead atoms. The zero-order chi connectivity index (χ0) is 5.56. The van der Waals surface area contributed by atoms with Gasteiger partial charge in [0, 0.05) is 0 Å². The maximum absolute atomic E-state index is 10.9. The second-order valence-electron chi connectivity index (χ2n) is 3.21. The van der Waals surface area contributed by atoms with E-state index in [1.807, 2.05) is 0 Å². The van der Waals surface area contributed by atoms with Gasteiger partial charge in [-0.05, 0) is 37.5 Å². The molecule has 0 aromatic heterocycles. The van der Waals surface area contributed by atoms with E-state index in [4.69, 9.17) is 0 Å². The summed E-state index contributed by atoms with van der Waals surface area (Å²) in [5.74, 6) is 1.55. The average molecular weight is 111 g/mol. The molecule has 45 valence electrons. The van der Waals surface area contributed by atoms with Crippen molar-refractivity contribution in [2.24, 2.45) is 11.8 Å². The van der Waals surface area contributed by atoms with Crippen LogP contribution in [0.4, 0.5) is 0 Å². The first-order valence-corrected chi connectivity index (χ1v) is 3.52. The molecule has 3 saturated carbocycles. The van der Waals surface area contributed by atoms with Crippen LogP contribution in [0.25, 0.3) is 0 Å². The lowest BCUT2D eigenvalue weighted by Crippen LogP contribution is -2.38. The largest absolute Gasteiger partial charge is 0.233 e. The average Bonchev–Trinajstić information content (AvgIpc) is 1.62. The highest BCUT2D eigenvalue weighted by molar-refractivity contribution is 4.89. The molecular formula is C7H11O. The molecule has 8 heavy (non-hydrogen) atoms. The van der Waals surface area contributed by atoms with Gasteiger partial charge in [0.2, 0.25) is 0 Å². The Hall–Kier alpha value is -0.0400. The first-order valence-electron chi connectivity index (χ1n) is 3.52. The van der Waals surface area contributed by atoms with Crippen molar-refractivity contribution in [1.82, 2.24) is 0 Å². The third-order valence-corrected chi connectivity index (χ3v) is 2.66. The zero-order valence-corrected chi connectivity index (χ0v) is 4.97. The van der Waals surface area contributed by atoms with Gasteiger partial charge in [-0.15, -0.1) is 0 Å². The number of hydrogen-bond donors (Lipinski definition) is 0. The van der Waals surface area contributed by atoms with Crippen molar-refractivity contribution < 1.29 is 5.11 Å². The molecule has 0 saturated heterocycles. The molecule has 1 unspecified atom stereocenters. The van der Waals surface area contributed by atoms with Crippen LogP contribution in [0.5, 0.6) is 0 Å². The highest BCUT2D eigenvalue weighted by Gasteiger charge is 2.39. The van der Waals surface area contributed by atoms with Crippen LogP contribution in [0.2, 0.25) is 0 Å². The summed E-state index contributed by atoms with van der Waals surface area (Å²) in [6, 6.07) is 0. The van der Waals surface area contributed by atoms with E-state index in [1.54, 1.807) is 0 Å². The van der Waals surface area contributed by atoms with Gasteiger partial charge in [0.1, 0.15) is 0 Å². The summed E-state index contributed by atoms with van der Waals surface area (Å²) in [6.45, 7) is 0. The fraction of sp³-hybridized carbons (Fsp3) is 1.00. The Morgan fingerprint density at radius 2 is 1.88 bits per heavy atom. The van der Waals surface area contributed by atoms with Crippen LogP contribution < -0.4 is 0 Å². The van der Waals surface area contributed by atoms with Gasteiger partial charge in [-0.1, -0.05) is 0 Å². The molecule has 3 aliphatic carbocycles. The van der Waals surface area contributed by atoms with Crippen molar-refractivity contribution in [2.45, 2.75) is 31.8 Å². The molecule has 0 aliphatic heterocycles. The van der Waals surface area contributed by atoms with Crippen molar-refractivity contribution in [3.63, 3.8) is 0 Å². The molecule has 0 spiro atoms. The lowest BCUT2D eigenvalue weighted by molar-refractivity contribution is -0.0667. The smallest absolute Gasteiger partial charge is 0.0958 e. The quantitative estimate of drug-likeness (QED) is 0.452. The van der Waals surface area contributed by atoms with Gasteiger partial charge in [0.05, 0.1) is 6.10 Å². The van der Waals surface area contributed by atoms with Crippen molar-refractivity contribution in [3.8, 4) is 0 Å². The SMILES string of the molecule is [O]C1CCC2CC1C2. The minimum Gasteiger partial charge on any atom is -0.233 e. The molecule has 1 nitrogen and oxygen atoms in total. The van der Waals surface area contributed by atoms with E-state index < -0.39 is 0 Å². The molecule has 0 amide bonds. The molecular weight excluding hydrogens is 100 g/mol. The second kappa shape index (κ2) is 1.47.